The first-order valence-electron chi connectivity index (χ1n) is 11.5. The van der Waals surface area contributed by atoms with Crippen molar-refractivity contribution < 1.29 is 27.8 Å². The molecule has 2 fully saturated rings. The number of aliphatic hydroxyl groups is 1. The fourth-order valence-electron chi connectivity index (χ4n) is 6.35. The molecule has 4 aliphatic rings. The number of fused-ring (bicyclic) bond motifs is 4. The molecule has 1 N–H and O–H groups in total. The summed E-state index contributed by atoms with van der Waals surface area (Å²) in [6, 6.07) is 5.04. The van der Waals surface area contributed by atoms with E-state index in [1.54, 1.807) is 0 Å². The lowest BCUT2D eigenvalue weighted by Crippen LogP contribution is -2.40. The standard InChI is InChI=1S/C25H25ClF3NO3/c26-22-19-20(18-16(30-22)12-23(6-1-7-23)13-17(18)31)24(8-10-32-11-9-24)33-21(19)14-2-4-15(5-3-14)25(27,28)29/h2-5,17,21,31H,1,6-13H2/t17?,21-/m1/s1. The highest BCUT2D eigenvalue weighted by molar-refractivity contribution is 6.30. The lowest BCUT2D eigenvalue weighted by atomic mass is 9.59. The number of nitrogens with zero attached hydrogens (tertiary/aromatic N) is 1. The van der Waals surface area contributed by atoms with Crippen LogP contribution in [0.3, 0.4) is 0 Å². The second-order valence-corrected chi connectivity index (χ2v) is 10.4. The molecule has 1 aromatic heterocycles. The fraction of sp³-hybridized carbons (Fsp3) is 0.560. The van der Waals surface area contributed by atoms with E-state index in [4.69, 9.17) is 26.1 Å². The van der Waals surface area contributed by atoms with Crippen molar-refractivity contribution in [3.05, 3.63) is 62.9 Å². The first-order valence-corrected chi connectivity index (χ1v) is 11.9. The van der Waals surface area contributed by atoms with Crippen LogP contribution in [-0.2, 0) is 27.7 Å². The second kappa shape index (κ2) is 7.41. The second-order valence-electron chi connectivity index (χ2n) is 10.0. The minimum absolute atomic E-state index is 0.103. The Bertz CT molecular complexity index is 1090. The molecule has 0 amide bonds. The highest BCUT2D eigenvalue weighted by Gasteiger charge is 2.53. The summed E-state index contributed by atoms with van der Waals surface area (Å²) >= 11 is 6.78. The summed E-state index contributed by atoms with van der Waals surface area (Å²) < 4.78 is 51.6. The zero-order valence-corrected chi connectivity index (χ0v) is 18.8. The van der Waals surface area contributed by atoms with Gasteiger partial charge in [-0.15, -0.1) is 0 Å². The Balaban J connectivity index is 1.50. The molecular weight excluding hydrogens is 455 g/mol. The molecule has 2 spiro atoms. The molecule has 2 aliphatic heterocycles. The minimum atomic E-state index is -4.41. The Kier molecular flexibility index (Phi) is 4.90. The molecule has 6 rings (SSSR count). The summed E-state index contributed by atoms with van der Waals surface area (Å²) in [5, 5.41) is 11.6. The van der Waals surface area contributed by atoms with Crippen molar-refractivity contribution in [2.24, 2.45) is 5.41 Å². The van der Waals surface area contributed by atoms with Gasteiger partial charge in [-0.25, -0.2) is 4.98 Å². The van der Waals surface area contributed by atoms with Crippen LogP contribution in [0, 0.1) is 5.41 Å². The van der Waals surface area contributed by atoms with Crippen molar-refractivity contribution in [3.8, 4) is 0 Å². The number of pyridine rings is 1. The van der Waals surface area contributed by atoms with Crippen LogP contribution in [-0.4, -0.2) is 23.3 Å². The smallest absolute Gasteiger partial charge is 0.388 e. The van der Waals surface area contributed by atoms with Gasteiger partial charge < -0.3 is 14.6 Å². The molecule has 1 saturated carbocycles. The van der Waals surface area contributed by atoms with Gasteiger partial charge in [0.1, 0.15) is 11.3 Å². The van der Waals surface area contributed by atoms with Gasteiger partial charge in [0.2, 0.25) is 0 Å². The lowest BCUT2D eigenvalue weighted by molar-refractivity contribution is -0.137. The van der Waals surface area contributed by atoms with Crippen LogP contribution in [0.2, 0.25) is 5.15 Å². The summed E-state index contributed by atoms with van der Waals surface area (Å²) in [5.41, 5.74) is 2.55. The number of hydrogen-bond donors (Lipinski definition) is 1. The van der Waals surface area contributed by atoms with Crippen LogP contribution in [0.4, 0.5) is 13.2 Å². The maximum absolute atomic E-state index is 13.1. The monoisotopic (exact) mass is 479 g/mol. The van der Waals surface area contributed by atoms with Gasteiger partial charge >= 0.3 is 6.18 Å². The Labute approximate surface area is 195 Å². The number of aliphatic hydroxyl groups excluding tert-OH is 1. The molecule has 3 heterocycles. The summed E-state index contributed by atoms with van der Waals surface area (Å²) in [6.45, 7) is 1.02. The number of hydrogen-bond acceptors (Lipinski definition) is 4. The van der Waals surface area contributed by atoms with E-state index in [0.29, 0.717) is 48.8 Å². The Hall–Kier alpha value is -1.67. The number of alkyl halides is 3. The van der Waals surface area contributed by atoms with Crippen LogP contribution in [0.15, 0.2) is 24.3 Å². The number of rotatable bonds is 1. The van der Waals surface area contributed by atoms with Crippen LogP contribution in [0.1, 0.15) is 84.2 Å². The number of halogens is 4. The van der Waals surface area contributed by atoms with Gasteiger partial charge in [0, 0.05) is 48.4 Å². The van der Waals surface area contributed by atoms with Gasteiger partial charge in [-0.3, -0.25) is 0 Å². The molecular formula is C25H25ClF3NO3. The third-order valence-electron chi connectivity index (χ3n) is 8.12. The molecule has 2 atom stereocenters. The van der Waals surface area contributed by atoms with Crippen LogP contribution < -0.4 is 0 Å². The van der Waals surface area contributed by atoms with E-state index in [1.165, 1.54) is 18.6 Å². The van der Waals surface area contributed by atoms with Gasteiger partial charge in [-0.1, -0.05) is 30.2 Å². The van der Waals surface area contributed by atoms with Crippen LogP contribution >= 0.6 is 11.6 Å². The first-order chi connectivity index (χ1) is 15.7. The van der Waals surface area contributed by atoms with Gasteiger partial charge in [0.25, 0.3) is 0 Å². The Morgan fingerprint density at radius 3 is 2.33 bits per heavy atom. The molecule has 1 unspecified atom stereocenters. The first kappa shape index (κ1) is 21.8. The predicted octanol–water partition coefficient (Wildman–Crippen LogP) is 6.03. The van der Waals surface area contributed by atoms with Gasteiger partial charge in [0.15, 0.2) is 0 Å². The summed E-state index contributed by atoms with van der Waals surface area (Å²) in [6.07, 6.45) is 0.337. The van der Waals surface area contributed by atoms with E-state index in [9.17, 15) is 18.3 Å². The predicted molar refractivity (Wildman–Crippen MR) is 115 cm³/mol. The van der Waals surface area contributed by atoms with Gasteiger partial charge in [-0.05, 0) is 48.8 Å². The number of aromatic nitrogens is 1. The van der Waals surface area contributed by atoms with Crippen molar-refractivity contribution in [3.63, 3.8) is 0 Å². The third kappa shape index (κ3) is 3.34. The van der Waals surface area contributed by atoms with Crippen LogP contribution in [0.5, 0.6) is 0 Å². The minimum Gasteiger partial charge on any atom is -0.388 e. The van der Waals surface area contributed by atoms with Crippen LogP contribution in [0.25, 0.3) is 0 Å². The SMILES string of the molecule is OC1CC2(CCC2)Cc2nc(Cl)c3c(c21)C1(CCOCC1)O[C@@H]3c1ccc(C(F)(F)F)cc1. The lowest BCUT2D eigenvalue weighted by Gasteiger charge is -2.48. The zero-order chi connectivity index (χ0) is 23.0. The number of benzene rings is 1. The average molecular weight is 480 g/mol. The van der Waals surface area contributed by atoms with Crippen molar-refractivity contribution in [2.75, 3.05) is 13.2 Å². The molecule has 2 aliphatic carbocycles. The average Bonchev–Trinajstić information content (AvgIpc) is 3.07. The molecule has 8 heteroatoms. The molecule has 1 aromatic carbocycles. The zero-order valence-electron chi connectivity index (χ0n) is 18.1. The summed E-state index contributed by atoms with van der Waals surface area (Å²) in [7, 11) is 0. The normalized spacial score (nSPS) is 27.3. The van der Waals surface area contributed by atoms with E-state index in [-0.39, 0.29) is 5.41 Å². The van der Waals surface area contributed by atoms with E-state index in [0.717, 1.165) is 48.2 Å². The van der Waals surface area contributed by atoms with E-state index in [2.05, 4.69) is 0 Å². The van der Waals surface area contributed by atoms with Gasteiger partial charge in [0.05, 0.1) is 17.3 Å². The molecule has 2 aromatic rings. The highest BCUT2D eigenvalue weighted by Crippen LogP contribution is 2.60. The maximum atomic E-state index is 13.1. The highest BCUT2D eigenvalue weighted by atomic mass is 35.5. The largest absolute Gasteiger partial charge is 0.416 e. The summed E-state index contributed by atoms with van der Waals surface area (Å²) in [5.74, 6) is 0. The van der Waals surface area contributed by atoms with Crippen molar-refractivity contribution in [1.29, 1.82) is 0 Å². The quantitative estimate of drug-likeness (QED) is 0.507. The molecule has 176 valence electrons. The Morgan fingerprint density at radius 1 is 1.03 bits per heavy atom. The molecule has 0 bridgehead atoms. The molecule has 4 nitrogen and oxygen atoms in total. The van der Waals surface area contributed by atoms with E-state index < -0.39 is 29.5 Å². The van der Waals surface area contributed by atoms with Crippen molar-refractivity contribution >= 4 is 11.6 Å². The van der Waals surface area contributed by atoms with Crippen molar-refractivity contribution in [2.45, 2.75) is 68.9 Å². The van der Waals surface area contributed by atoms with E-state index >= 15 is 0 Å². The molecule has 33 heavy (non-hydrogen) atoms. The van der Waals surface area contributed by atoms with Gasteiger partial charge in [-0.2, -0.15) is 13.2 Å². The number of ether oxygens (including phenoxy) is 2. The molecule has 0 radical (unpaired) electrons. The fourth-order valence-corrected chi connectivity index (χ4v) is 6.64. The van der Waals surface area contributed by atoms with Crippen molar-refractivity contribution in [1.82, 2.24) is 4.98 Å². The summed E-state index contributed by atoms with van der Waals surface area (Å²) in [4.78, 5) is 4.74. The Morgan fingerprint density at radius 2 is 1.73 bits per heavy atom. The maximum Gasteiger partial charge on any atom is 0.416 e. The topological polar surface area (TPSA) is 51.6 Å². The third-order valence-corrected chi connectivity index (χ3v) is 8.41. The van der Waals surface area contributed by atoms with E-state index in [1.807, 2.05) is 0 Å². The molecule has 1 saturated heterocycles.